The number of thioether (sulfide) groups is 1. The molecule has 1 amide bonds. The van der Waals surface area contributed by atoms with Crippen molar-refractivity contribution in [3.63, 3.8) is 0 Å². The molecular weight excluding hydrogens is 544 g/mol. The molecule has 0 atom stereocenters. The van der Waals surface area contributed by atoms with Gasteiger partial charge in [0.25, 0.3) is 11.5 Å². The standard InChI is InChI=1S/C30H30N4O4S2/c1-18-6-8-21(9-7-18)17-34-29(36)26(40-30(34)39)15-22-19(2)23(16-31)28(35)33(3)27(22)32-13-12-20-10-11-24(37-4)25(14-20)38-5/h6-11,14-15,32H,12-13,17H2,1-5H3/b26-15+. The van der Waals surface area contributed by atoms with E-state index in [4.69, 9.17) is 21.7 Å². The number of nitrogens with one attached hydrogen (secondary N) is 1. The number of anilines is 1. The molecule has 0 radical (unpaired) electrons. The van der Waals surface area contributed by atoms with Gasteiger partial charge in [-0.25, -0.2) is 0 Å². The van der Waals surface area contributed by atoms with E-state index in [1.54, 1.807) is 39.2 Å². The lowest BCUT2D eigenvalue weighted by Gasteiger charge is -2.18. The molecule has 2 aromatic carbocycles. The van der Waals surface area contributed by atoms with Crippen LogP contribution in [-0.4, -0.2) is 40.5 Å². The Kier molecular flexibility index (Phi) is 8.97. The maximum Gasteiger partial charge on any atom is 0.270 e. The molecule has 3 aromatic rings. The summed E-state index contributed by atoms with van der Waals surface area (Å²) in [5.41, 5.74) is 3.86. The Morgan fingerprint density at radius 1 is 1.05 bits per heavy atom. The van der Waals surface area contributed by atoms with Crippen LogP contribution >= 0.6 is 24.0 Å². The second-order valence-electron chi connectivity index (χ2n) is 9.36. The first-order chi connectivity index (χ1) is 19.2. The second kappa shape index (κ2) is 12.4. The number of nitrogens with zero attached hydrogens (tertiary/aromatic N) is 3. The van der Waals surface area contributed by atoms with Crippen LogP contribution in [0.5, 0.6) is 11.5 Å². The Balaban J connectivity index is 1.64. The predicted octanol–water partition coefficient (Wildman–Crippen LogP) is 4.95. The number of benzene rings is 2. The second-order valence-corrected chi connectivity index (χ2v) is 11.0. The number of carbonyl (C=O) groups excluding carboxylic acids is 1. The van der Waals surface area contributed by atoms with Crippen LogP contribution < -0.4 is 20.3 Å². The fourth-order valence-corrected chi connectivity index (χ4v) is 5.69. The fraction of sp³-hybridized carbons (Fsp3) is 0.267. The minimum atomic E-state index is -0.405. The summed E-state index contributed by atoms with van der Waals surface area (Å²) in [7, 11) is 4.79. The summed E-state index contributed by atoms with van der Waals surface area (Å²) in [6, 6.07) is 15.7. The van der Waals surface area contributed by atoms with Crippen molar-refractivity contribution in [1.82, 2.24) is 9.47 Å². The zero-order chi connectivity index (χ0) is 29.0. The molecule has 8 nitrogen and oxygen atoms in total. The van der Waals surface area contributed by atoms with Gasteiger partial charge in [-0.2, -0.15) is 5.26 Å². The first-order valence-electron chi connectivity index (χ1n) is 12.6. The number of rotatable bonds is 9. The lowest BCUT2D eigenvalue weighted by Crippen LogP contribution is -2.27. The van der Waals surface area contributed by atoms with Crippen molar-refractivity contribution < 1.29 is 14.3 Å². The van der Waals surface area contributed by atoms with Crippen LogP contribution in [0.3, 0.4) is 0 Å². The van der Waals surface area contributed by atoms with Gasteiger partial charge in [-0.15, -0.1) is 0 Å². The molecule has 206 valence electrons. The van der Waals surface area contributed by atoms with Crippen LogP contribution in [-0.2, 0) is 24.8 Å². The van der Waals surface area contributed by atoms with Gasteiger partial charge in [0, 0.05) is 19.2 Å². The highest BCUT2D eigenvalue weighted by molar-refractivity contribution is 8.26. The predicted molar refractivity (Wildman–Crippen MR) is 163 cm³/mol. The third kappa shape index (κ3) is 5.91. The SMILES string of the molecule is COc1ccc(CCNc2c(/C=C3/SC(=S)N(Cc4ccc(C)cc4)C3=O)c(C)c(C#N)c(=O)n2C)cc1OC. The summed E-state index contributed by atoms with van der Waals surface area (Å²) in [4.78, 5) is 28.4. The molecule has 1 aliphatic rings. The van der Waals surface area contributed by atoms with E-state index < -0.39 is 5.56 Å². The van der Waals surface area contributed by atoms with Crippen LogP contribution in [0.2, 0.25) is 0 Å². The van der Waals surface area contributed by atoms with Gasteiger partial charge in [0.15, 0.2) is 11.5 Å². The average molecular weight is 575 g/mol. The highest BCUT2D eigenvalue weighted by atomic mass is 32.2. The van der Waals surface area contributed by atoms with Crippen molar-refractivity contribution in [3.8, 4) is 17.6 Å². The van der Waals surface area contributed by atoms with Gasteiger partial charge >= 0.3 is 0 Å². The largest absolute Gasteiger partial charge is 0.493 e. The lowest BCUT2D eigenvalue weighted by atomic mass is 10.0. The van der Waals surface area contributed by atoms with Crippen molar-refractivity contribution in [2.75, 3.05) is 26.1 Å². The highest BCUT2D eigenvalue weighted by Crippen LogP contribution is 2.36. The van der Waals surface area contributed by atoms with Crippen molar-refractivity contribution in [2.45, 2.75) is 26.8 Å². The van der Waals surface area contributed by atoms with Gasteiger partial charge in [-0.3, -0.25) is 19.1 Å². The van der Waals surface area contributed by atoms with Gasteiger partial charge in [-0.05, 0) is 55.2 Å². The van der Waals surface area contributed by atoms with E-state index in [2.05, 4.69) is 5.32 Å². The van der Waals surface area contributed by atoms with Crippen molar-refractivity contribution in [1.29, 1.82) is 5.26 Å². The van der Waals surface area contributed by atoms with E-state index in [1.807, 2.05) is 55.5 Å². The van der Waals surface area contributed by atoms with Crippen LogP contribution in [0.15, 0.2) is 52.2 Å². The summed E-state index contributed by atoms with van der Waals surface area (Å²) in [6.45, 7) is 4.59. The molecule has 40 heavy (non-hydrogen) atoms. The number of nitriles is 1. The third-order valence-electron chi connectivity index (χ3n) is 6.76. The molecule has 1 saturated heterocycles. The minimum Gasteiger partial charge on any atom is -0.493 e. The Hall–Kier alpha value is -4.07. The zero-order valence-corrected chi connectivity index (χ0v) is 24.7. The first-order valence-corrected chi connectivity index (χ1v) is 13.8. The van der Waals surface area contributed by atoms with Crippen LogP contribution in [0, 0.1) is 25.2 Å². The number of hydrogen-bond acceptors (Lipinski definition) is 8. The van der Waals surface area contributed by atoms with Crippen LogP contribution in [0.1, 0.15) is 33.4 Å². The number of thiocarbonyl (C=S) groups is 1. The minimum absolute atomic E-state index is 0.0364. The average Bonchev–Trinajstić information content (AvgIpc) is 3.21. The van der Waals surface area contributed by atoms with E-state index in [9.17, 15) is 14.9 Å². The number of ether oxygens (including phenoxy) is 2. The molecule has 0 bridgehead atoms. The molecule has 1 N–H and O–H groups in total. The van der Waals surface area contributed by atoms with Gasteiger partial charge < -0.3 is 14.8 Å². The molecule has 0 saturated carbocycles. The van der Waals surface area contributed by atoms with Crippen molar-refractivity contribution >= 4 is 46.1 Å². The lowest BCUT2D eigenvalue weighted by molar-refractivity contribution is -0.122. The summed E-state index contributed by atoms with van der Waals surface area (Å²) in [5.74, 6) is 1.59. The van der Waals surface area contributed by atoms with Crippen molar-refractivity contribution in [3.05, 3.63) is 91.1 Å². The summed E-state index contributed by atoms with van der Waals surface area (Å²) >= 11 is 6.76. The van der Waals surface area contributed by atoms with E-state index in [1.165, 1.54) is 16.3 Å². The zero-order valence-electron chi connectivity index (χ0n) is 23.0. The number of methoxy groups -OCH3 is 2. The van der Waals surface area contributed by atoms with Crippen LogP contribution in [0.25, 0.3) is 6.08 Å². The number of aryl methyl sites for hydroxylation is 1. The molecule has 2 heterocycles. The summed E-state index contributed by atoms with van der Waals surface area (Å²) in [6.07, 6.45) is 2.36. The van der Waals surface area contributed by atoms with Crippen LogP contribution in [0.4, 0.5) is 5.82 Å². The Bertz CT molecular complexity index is 1600. The smallest absolute Gasteiger partial charge is 0.270 e. The fourth-order valence-electron chi connectivity index (χ4n) is 4.45. The van der Waals surface area contributed by atoms with Gasteiger partial charge in [0.2, 0.25) is 0 Å². The monoisotopic (exact) mass is 574 g/mol. The van der Waals surface area contributed by atoms with Gasteiger partial charge in [0.1, 0.15) is 21.8 Å². The first kappa shape index (κ1) is 28.9. The molecule has 1 aromatic heterocycles. The van der Waals surface area contributed by atoms with Crippen molar-refractivity contribution in [2.24, 2.45) is 7.05 Å². The maximum atomic E-state index is 13.4. The summed E-state index contributed by atoms with van der Waals surface area (Å²) < 4.78 is 12.6. The van der Waals surface area contributed by atoms with Gasteiger partial charge in [0.05, 0.1) is 25.7 Å². The molecule has 4 rings (SSSR count). The number of hydrogen-bond donors (Lipinski definition) is 1. The topological polar surface area (TPSA) is 96.6 Å². The Labute approximate surface area is 243 Å². The molecule has 1 fully saturated rings. The third-order valence-corrected chi connectivity index (χ3v) is 8.14. The normalized spacial score (nSPS) is 14.0. The molecule has 0 spiro atoms. The molecule has 1 aliphatic heterocycles. The van der Waals surface area contributed by atoms with E-state index in [-0.39, 0.29) is 11.5 Å². The molecule has 0 unspecified atom stereocenters. The molecule has 10 heteroatoms. The molecule has 0 aliphatic carbocycles. The Morgan fingerprint density at radius 2 is 1.73 bits per heavy atom. The number of pyridine rings is 1. The number of amides is 1. The summed E-state index contributed by atoms with van der Waals surface area (Å²) in [5, 5.41) is 13.1. The number of carbonyl (C=O) groups is 1. The van der Waals surface area contributed by atoms with E-state index in [0.717, 1.165) is 16.7 Å². The maximum absolute atomic E-state index is 13.4. The highest BCUT2D eigenvalue weighted by Gasteiger charge is 2.32. The van der Waals surface area contributed by atoms with E-state index in [0.29, 0.717) is 57.2 Å². The molecular formula is C30H30N4O4S2. The Morgan fingerprint density at radius 3 is 2.38 bits per heavy atom. The number of aromatic nitrogens is 1. The quantitative estimate of drug-likeness (QED) is 0.283. The van der Waals surface area contributed by atoms with Gasteiger partial charge in [-0.1, -0.05) is 59.9 Å². The van der Waals surface area contributed by atoms with E-state index >= 15 is 0 Å².